The monoisotopic (exact) mass is 323 g/mol. The highest BCUT2D eigenvalue weighted by Crippen LogP contribution is 2.22. The van der Waals surface area contributed by atoms with Crippen LogP contribution in [0, 0.1) is 5.92 Å². The first-order valence-corrected chi connectivity index (χ1v) is 7.54. The number of carbonyl (C=O) groups is 2. The Morgan fingerprint density at radius 1 is 1.22 bits per heavy atom. The van der Waals surface area contributed by atoms with Crippen molar-refractivity contribution >= 4 is 11.9 Å². The number of rotatable bonds is 9. The molecule has 0 bridgehead atoms. The lowest BCUT2D eigenvalue weighted by atomic mass is 9.85. The van der Waals surface area contributed by atoms with E-state index in [1.54, 1.807) is 38.3 Å². The van der Waals surface area contributed by atoms with E-state index in [-0.39, 0.29) is 18.2 Å². The first-order valence-electron chi connectivity index (χ1n) is 7.54. The van der Waals surface area contributed by atoms with E-state index in [9.17, 15) is 9.59 Å². The molecule has 128 valence electrons. The van der Waals surface area contributed by atoms with Crippen molar-refractivity contribution in [3.05, 3.63) is 29.8 Å². The number of amides is 1. The lowest BCUT2D eigenvalue weighted by molar-refractivity contribution is -0.138. The molecule has 0 aliphatic heterocycles. The number of nitrogens with one attached hydrogen (secondary N) is 1. The van der Waals surface area contributed by atoms with Gasteiger partial charge in [0.05, 0.1) is 18.6 Å². The second kappa shape index (κ2) is 8.53. The molecule has 1 rings (SSSR count). The van der Waals surface area contributed by atoms with Crippen molar-refractivity contribution in [3.8, 4) is 5.75 Å². The Kier molecular flexibility index (Phi) is 7.03. The molecule has 1 unspecified atom stereocenters. The molecule has 0 spiro atoms. The SMILES string of the molecule is COCCOc1ccc(C(=O)NC(C)(CC(=O)O)C(C)C)cc1. The normalized spacial score (nSPS) is 13.4. The Bertz CT molecular complexity index is 526. The van der Waals surface area contributed by atoms with Gasteiger partial charge in [0.1, 0.15) is 12.4 Å². The average molecular weight is 323 g/mol. The van der Waals surface area contributed by atoms with Gasteiger partial charge in [-0.15, -0.1) is 0 Å². The molecule has 0 aliphatic rings. The van der Waals surface area contributed by atoms with Crippen LogP contribution in [-0.2, 0) is 9.53 Å². The Labute approximate surface area is 136 Å². The molecular formula is C17H25NO5. The smallest absolute Gasteiger partial charge is 0.305 e. The van der Waals surface area contributed by atoms with Crippen LogP contribution in [0.4, 0.5) is 0 Å². The quantitative estimate of drug-likeness (QED) is 0.681. The highest BCUT2D eigenvalue weighted by atomic mass is 16.5. The maximum Gasteiger partial charge on any atom is 0.305 e. The molecule has 0 aromatic heterocycles. The highest BCUT2D eigenvalue weighted by Gasteiger charge is 2.33. The summed E-state index contributed by atoms with van der Waals surface area (Å²) in [6, 6.07) is 6.71. The van der Waals surface area contributed by atoms with E-state index in [0.717, 1.165) is 0 Å². The van der Waals surface area contributed by atoms with Crippen LogP contribution in [0.1, 0.15) is 37.6 Å². The zero-order chi connectivity index (χ0) is 17.5. The van der Waals surface area contributed by atoms with Crippen LogP contribution in [0.15, 0.2) is 24.3 Å². The van der Waals surface area contributed by atoms with E-state index in [4.69, 9.17) is 14.6 Å². The van der Waals surface area contributed by atoms with Crippen molar-refractivity contribution in [2.75, 3.05) is 20.3 Å². The number of ether oxygens (including phenoxy) is 2. The zero-order valence-corrected chi connectivity index (χ0v) is 14.1. The van der Waals surface area contributed by atoms with Crippen LogP contribution in [0.2, 0.25) is 0 Å². The second-order valence-electron chi connectivity index (χ2n) is 5.96. The predicted octanol–water partition coefficient (Wildman–Crippen LogP) is 2.33. The van der Waals surface area contributed by atoms with Crippen LogP contribution in [0.5, 0.6) is 5.75 Å². The molecule has 6 heteroatoms. The van der Waals surface area contributed by atoms with E-state index in [1.165, 1.54) is 0 Å². The van der Waals surface area contributed by atoms with E-state index in [0.29, 0.717) is 24.5 Å². The van der Waals surface area contributed by atoms with Gasteiger partial charge in [0.2, 0.25) is 0 Å². The molecule has 0 saturated carbocycles. The third-order valence-corrected chi connectivity index (χ3v) is 3.86. The van der Waals surface area contributed by atoms with Gasteiger partial charge in [-0.2, -0.15) is 0 Å². The molecule has 1 aromatic carbocycles. The van der Waals surface area contributed by atoms with Gasteiger partial charge < -0.3 is 19.9 Å². The van der Waals surface area contributed by atoms with Gasteiger partial charge in [-0.1, -0.05) is 13.8 Å². The minimum atomic E-state index is -0.941. The van der Waals surface area contributed by atoms with Gasteiger partial charge in [-0.3, -0.25) is 9.59 Å². The molecule has 1 atom stereocenters. The van der Waals surface area contributed by atoms with Crippen molar-refractivity contribution in [3.63, 3.8) is 0 Å². The molecule has 1 amide bonds. The van der Waals surface area contributed by atoms with Crippen LogP contribution in [0.25, 0.3) is 0 Å². The fourth-order valence-corrected chi connectivity index (χ4v) is 1.98. The minimum Gasteiger partial charge on any atom is -0.491 e. The Balaban J connectivity index is 2.74. The van der Waals surface area contributed by atoms with E-state index in [1.807, 2.05) is 13.8 Å². The van der Waals surface area contributed by atoms with Crippen LogP contribution in [-0.4, -0.2) is 42.8 Å². The van der Waals surface area contributed by atoms with Gasteiger partial charge in [-0.05, 0) is 37.1 Å². The standard InChI is InChI=1S/C17H25NO5/c1-12(2)17(3,11-15(19)20)18-16(21)13-5-7-14(8-6-13)23-10-9-22-4/h5-8,12H,9-11H2,1-4H3,(H,18,21)(H,19,20). The molecule has 0 fully saturated rings. The van der Waals surface area contributed by atoms with Crippen LogP contribution < -0.4 is 10.1 Å². The fourth-order valence-electron chi connectivity index (χ4n) is 1.98. The number of carboxylic acids is 1. The van der Waals surface area contributed by atoms with Crippen molar-refractivity contribution in [2.45, 2.75) is 32.7 Å². The summed E-state index contributed by atoms with van der Waals surface area (Å²) in [5.74, 6) is -0.607. The van der Waals surface area contributed by atoms with Crippen molar-refractivity contribution in [2.24, 2.45) is 5.92 Å². The highest BCUT2D eigenvalue weighted by molar-refractivity contribution is 5.95. The summed E-state index contributed by atoms with van der Waals surface area (Å²) in [6.45, 7) is 6.44. The molecule has 0 saturated heterocycles. The molecule has 0 aliphatic carbocycles. The zero-order valence-electron chi connectivity index (χ0n) is 14.1. The van der Waals surface area contributed by atoms with Crippen molar-refractivity contribution in [1.82, 2.24) is 5.32 Å². The number of hydrogen-bond donors (Lipinski definition) is 2. The molecular weight excluding hydrogens is 298 g/mol. The number of benzene rings is 1. The lowest BCUT2D eigenvalue weighted by Crippen LogP contribution is -2.51. The van der Waals surface area contributed by atoms with E-state index in [2.05, 4.69) is 5.32 Å². The minimum absolute atomic E-state index is 0.0146. The summed E-state index contributed by atoms with van der Waals surface area (Å²) in [7, 11) is 1.60. The first kappa shape index (κ1) is 19.0. The maximum absolute atomic E-state index is 12.4. The van der Waals surface area contributed by atoms with Crippen molar-refractivity contribution in [1.29, 1.82) is 0 Å². The lowest BCUT2D eigenvalue weighted by Gasteiger charge is -2.33. The summed E-state index contributed by atoms with van der Waals surface area (Å²) >= 11 is 0. The number of methoxy groups -OCH3 is 1. The third-order valence-electron chi connectivity index (χ3n) is 3.86. The average Bonchev–Trinajstić information content (AvgIpc) is 2.47. The van der Waals surface area contributed by atoms with Crippen LogP contribution in [0.3, 0.4) is 0 Å². The summed E-state index contributed by atoms with van der Waals surface area (Å²) in [5, 5.41) is 11.9. The summed E-state index contributed by atoms with van der Waals surface area (Å²) < 4.78 is 10.3. The largest absolute Gasteiger partial charge is 0.491 e. The van der Waals surface area contributed by atoms with Gasteiger partial charge >= 0.3 is 5.97 Å². The number of carbonyl (C=O) groups excluding carboxylic acids is 1. The molecule has 2 N–H and O–H groups in total. The summed E-state index contributed by atoms with van der Waals surface area (Å²) in [4.78, 5) is 23.4. The topological polar surface area (TPSA) is 84.9 Å². The molecule has 0 radical (unpaired) electrons. The summed E-state index contributed by atoms with van der Waals surface area (Å²) in [6.07, 6.45) is -0.130. The van der Waals surface area contributed by atoms with Gasteiger partial charge in [0.15, 0.2) is 0 Å². The molecule has 0 heterocycles. The molecule has 23 heavy (non-hydrogen) atoms. The van der Waals surface area contributed by atoms with E-state index < -0.39 is 11.5 Å². The van der Waals surface area contributed by atoms with Gasteiger partial charge in [-0.25, -0.2) is 0 Å². The van der Waals surface area contributed by atoms with E-state index >= 15 is 0 Å². The maximum atomic E-state index is 12.4. The number of hydrogen-bond acceptors (Lipinski definition) is 4. The van der Waals surface area contributed by atoms with Gasteiger partial charge in [0.25, 0.3) is 5.91 Å². The van der Waals surface area contributed by atoms with Gasteiger partial charge in [0, 0.05) is 12.7 Å². The molecule has 1 aromatic rings. The number of aliphatic carboxylic acids is 1. The summed E-state index contributed by atoms with van der Waals surface area (Å²) in [5.41, 5.74) is -0.349. The Morgan fingerprint density at radius 3 is 2.30 bits per heavy atom. The van der Waals surface area contributed by atoms with Crippen LogP contribution >= 0.6 is 0 Å². The Morgan fingerprint density at radius 2 is 1.83 bits per heavy atom. The first-order chi connectivity index (χ1) is 10.8. The van der Waals surface area contributed by atoms with Crippen molar-refractivity contribution < 1.29 is 24.2 Å². The molecule has 6 nitrogen and oxygen atoms in total. The predicted molar refractivity (Wildman–Crippen MR) is 86.8 cm³/mol. The Hall–Kier alpha value is -2.08. The fraction of sp³-hybridized carbons (Fsp3) is 0.529. The third kappa shape index (κ3) is 5.90. The number of carboxylic acid groups (broad SMARTS) is 1. The second-order valence-corrected chi connectivity index (χ2v) is 5.96.